The lowest BCUT2D eigenvalue weighted by Gasteiger charge is -2.35. The molecule has 1 aromatic heterocycles. The molecule has 1 aliphatic rings. The summed E-state index contributed by atoms with van der Waals surface area (Å²) >= 11 is 0. The average molecular weight is 279 g/mol. The lowest BCUT2D eigenvalue weighted by molar-refractivity contribution is -0.136. The zero-order valence-corrected chi connectivity index (χ0v) is 12.7. The van der Waals surface area contributed by atoms with Crippen LogP contribution < -0.4 is 10.6 Å². The van der Waals surface area contributed by atoms with Crippen molar-refractivity contribution < 1.29 is 9.53 Å². The molecule has 0 atom stereocenters. The molecule has 2 N–H and O–H groups in total. The number of nitrogens with zero attached hydrogens (tertiary/aromatic N) is 1. The SMILES string of the molecule is COCC1(C(=O)NCc2ccc(C)n2C)CCNCC1. The number of hydrogen-bond donors (Lipinski definition) is 2. The van der Waals surface area contributed by atoms with Crippen molar-refractivity contribution in [1.82, 2.24) is 15.2 Å². The van der Waals surface area contributed by atoms with E-state index in [1.165, 1.54) is 5.69 Å². The summed E-state index contributed by atoms with van der Waals surface area (Å²) in [5, 5.41) is 6.38. The van der Waals surface area contributed by atoms with E-state index >= 15 is 0 Å². The van der Waals surface area contributed by atoms with Crippen LogP contribution in [0, 0.1) is 12.3 Å². The standard InChI is InChI=1S/C15H25N3O2/c1-12-4-5-13(18(12)2)10-17-14(19)15(11-20-3)6-8-16-9-7-15/h4-5,16H,6-11H2,1-3H3,(H,17,19). The van der Waals surface area contributed by atoms with E-state index < -0.39 is 0 Å². The van der Waals surface area contributed by atoms with Gasteiger partial charge in [-0.25, -0.2) is 0 Å². The number of ether oxygens (including phenoxy) is 1. The summed E-state index contributed by atoms with van der Waals surface area (Å²) in [4.78, 5) is 12.6. The third-order valence-corrected chi connectivity index (χ3v) is 4.37. The molecule has 0 aliphatic carbocycles. The van der Waals surface area contributed by atoms with E-state index in [0.29, 0.717) is 13.2 Å². The number of nitrogens with one attached hydrogen (secondary N) is 2. The summed E-state index contributed by atoms with van der Waals surface area (Å²) < 4.78 is 7.39. The van der Waals surface area contributed by atoms with Gasteiger partial charge in [0.25, 0.3) is 0 Å². The van der Waals surface area contributed by atoms with Gasteiger partial charge in [0.15, 0.2) is 0 Å². The second-order valence-electron chi connectivity index (χ2n) is 5.67. The number of aromatic nitrogens is 1. The minimum Gasteiger partial charge on any atom is -0.384 e. The van der Waals surface area contributed by atoms with Gasteiger partial charge in [-0.2, -0.15) is 0 Å². The number of piperidine rings is 1. The highest BCUT2D eigenvalue weighted by atomic mass is 16.5. The first-order chi connectivity index (χ1) is 9.59. The molecule has 20 heavy (non-hydrogen) atoms. The number of aryl methyl sites for hydroxylation is 1. The molecule has 1 saturated heterocycles. The van der Waals surface area contributed by atoms with Crippen LogP contribution in [0.15, 0.2) is 12.1 Å². The second kappa shape index (κ2) is 6.41. The van der Waals surface area contributed by atoms with E-state index in [4.69, 9.17) is 4.74 Å². The van der Waals surface area contributed by atoms with Crippen LogP contribution in [-0.4, -0.2) is 37.3 Å². The highest BCUT2D eigenvalue weighted by Crippen LogP contribution is 2.29. The number of methoxy groups -OCH3 is 1. The number of amides is 1. The van der Waals surface area contributed by atoms with E-state index in [1.807, 2.05) is 7.05 Å². The first-order valence-corrected chi connectivity index (χ1v) is 7.18. The monoisotopic (exact) mass is 279 g/mol. The molecule has 2 rings (SSSR count). The molecule has 0 spiro atoms. The van der Waals surface area contributed by atoms with Crippen molar-refractivity contribution in [2.45, 2.75) is 26.3 Å². The summed E-state index contributed by atoms with van der Waals surface area (Å²) in [7, 11) is 3.68. The Bertz CT molecular complexity index is 456. The van der Waals surface area contributed by atoms with E-state index in [2.05, 4.69) is 34.3 Å². The Balaban J connectivity index is 2.00. The number of carbonyl (C=O) groups is 1. The second-order valence-corrected chi connectivity index (χ2v) is 5.67. The first kappa shape index (κ1) is 15.1. The van der Waals surface area contributed by atoms with E-state index in [-0.39, 0.29) is 11.3 Å². The third-order valence-electron chi connectivity index (χ3n) is 4.37. The fraction of sp³-hybridized carbons (Fsp3) is 0.667. The minimum atomic E-state index is -0.375. The summed E-state index contributed by atoms with van der Waals surface area (Å²) in [6.07, 6.45) is 1.66. The molecule has 1 aliphatic heterocycles. The highest BCUT2D eigenvalue weighted by molar-refractivity contribution is 5.82. The van der Waals surface area contributed by atoms with Gasteiger partial charge in [-0.15, -0.1) is 0 Å². The highest BCUT2D eigenvalue weighted by Gasteiger charge is 2.39. The average Bonchev–Trinajstić information content (AvgIpc) is 2.77. The van der Waals surface area contributed by atoms with Crippen LogP contribution in [0.5, 0.6) is 0 Å². The van der Waals surface area contributed by atoms with E-state index in [1.54, 1.807) is 7.11 Å². The Kier molecular flexibility index (Phi) is 4.83. The van der Waals surface area contributed by atoms with Gasteiger partial charge >= 0.3 is 0 Å². The predicted molar refractivity (Wildman–Crippen MR) is 78.4 cm³/mol. The lowest BCUT2D eigenvalue weighted by Crippen LogP contribution is -2.50. The number of rotatable bonds is 5. The lowest BCUT2D eigenvalue weighted by atomic mass is 9.78. The van der Waals surface area contributed by atoms with Crippen LogP contribution in [0.3, 0.4) is 0 Å². The van der Waals surface area contributed by atoms with Crippen LogP contribution >= 0.6 is 0 Å². The molecule has 1 aromatic rings. The van der Waals surface area contributed by atoms with Crippen molar-refractivity contribution in [2.75, 3.05) is 26.8 Å². The molecular weight excluding hydrogens is 254 g/mol. The maximum Gasteiger partial charge on any atom is 0.228 e. The summed E-state index contributed by atoms with van der Waals surface area (Å²) in [6, 6.07) is 4.12. The Morgan fingerprint density at radius 3 is 2.70 bits per heavy atom. The molecule has 0 bridgehead atoms. The molecule has 0 aromatic carbocycles. The van der Waals surface area contributed by atoms with Crippen LogP contribution in [0.2, 0.25) is 0 Å². The van der Waals surface area contributed by atoms with Gasteiger partial charge in [-0.3, -0.25) is 4.79 Å². The Labute approximate surface area is 120 Å². The molecule has 1 amide bonds. The van der Waals surface area contributed by atoms with E-state index in [9.17, 15) is 4.79 Å². The van der Waals surface area contributed by atoms with E-state index in [0.717, 1.165) is 31.6 Å². The number of carbonyl (C=O) groups excluding carboxylic acids is 1. The van der Waals surface area contributed by atoms with Gasteiger partial charge in [0.05, 0.1) is 18.6 Å². The Hall–Kier alpha value is -1.33. The van der Waals surface area contributed by atoms with Crippen LogP contribution in [0.4, 0.5) is 0 Å². The van der Waals surface area contributed by atoms with Crippen molar-refractivity contribution in [2.24, 2.45) is 12.5 Å². The molecule has 0 radical (unpaired) electrons. The Morgan fingerprint density at radius 2 is 2.15 bits per heavy atom. The minimum absolute atomic E-state index is 0.111. The van der Waals surface area contributed by atoms with Crippen molar-refractivity contribution in [3.63, 3.8) is 0 Å². The van der Waals surface area contributed by atoms with Crippen molar-refractivity contribution >= 4 is 5.91 Å². The van der Waals surface area contributed by atoms with Crippen LogP contribution in [0.1, 0.15) is 24.2 Å². The Morgan fingerprint density at radius 1 is 1.45 bits per heavy atom. The normalized spacial score (nSPS) is 17.9. The smallest absolute Gasteiger partial charge is 0.228 e. The van der Waals surface area contributed by atoms with Gasteiger partial charge in [-0.1, -0.05) is 0 Å². The summed E-state index contributed by atoms with van der Waals surface area (Å²) in [6.45, 7) is 4.87. The zero-order valence-electron chi connectivity index (χ0n) is 12.7. The van der Waals surface area contributed by atoms with Gasteiger partial charge in [-0.05, 0) is 45.0 Å². The molecular formula is C15H25N3O2. The fourth-order valence-corrected chi connectivity index (χ4v) is 2.82. The maximum atomic E-state index is 12.6. The zero-order chi connectivity index (χ0) is 14.6. The van der Waals surface area contributed by atoms with Crippen LogP contribution in [-0.2, 0) is 23.1 Å². The third kappa shape index (κ3) is 3.04. The quantitative estimate of drug-likeness (QED) is 0.844. The maximum absolute atomic E-state index is 12.6. The summed E-state index contributed by atoms with van der Waals surface area (Å²) in [5.41, 5.74) is 1.94. The van der Waals surface area contributed by atoms with Gasteiger partial charge in [0.2, 0.25) is 5.91 Å². The molecule has 2 heterocycles. The van der Waals surface area contributed by atoms with Gasteiger partial charge in [0.1, 0.15) is 0 Å². The van der Waals surface area contributed by atoms with Crippen molar-refractivity contribution in [1.29, 1.82) is 0 Å². The molecule has 112 valence electrons. The van der Waals surface area contributed by atoms with Gasteiger partial charge in [0, 0.05) is 25.5 Å². The molecule has 0 saturated carbocycles. The topological polar surface area (TPSA) is 55.3 Å². The predicted octanol–water partition coefficient (Wildman–Crippen LogP) is 0.966. The molecule has 5 nitrogen and oxygen atoms in total. The fourth-order valence-electron chi connectivity index (χ4n) is 2.82. The largest absolute Gasteiger partial charge is 0.384 e. The van der Waals surface area contributed by atoms with Crippen molar-refractivity contribution in [3.05, 3.63) is 23.5 Å². The first-order valence-electron chi connectivity index (χ1n) is 7.18. The van der Waals surface area contributed by atoms with Crippen molar-refractivity contribution in [3.8, 4) is 0 Å². The van der Waals surface area contributed by atoms with Gasteiger partial charge < -0.3 is 19.9 Å². The molecule has 5 heteroatoms. The van der Waals surface area contributed by atoms with Crippen LogP contribution in [0.25, 0.3) is 0 Å². The molecule has 1 fully saturated rings. The molecule has 0 unspecified atom stereocenters. The summed E-state index contributed by atoms with van der Waals surface area (Å²) in [5.74, 6) is 0.111. The number of hydrogen-bond acceptors (Lipinski definition) is 3.